The zero-order valence-corrected chi connectivity index (χ0v) is 12.9. The van der Waals surface area contributed by atoms with E-state index in [2.05, 4.69) is 19.7 Å². The van der Waals surface area contributed by atoms with Crippen molar-refractivity contribution >= 4 is 10.0 Å². The van der Waals surface area contributed by atoms with Crippen LogP contribution >= 0.6 is 0 Å². The van der Waals surface area contributed by atoms with E-state index in [1.54, 1.807) is 30.6 Å². The summed E-state index contributed by atoms with van der Waals surface area (Å²) < 4.78 is 26.7. The summed E-state index contributed by atoms with van der Waals surface area (Å²) in [7, 11) is -3.61. The minimum Gasteiger partial charge on any atom is -0.243 e. The Morgan fingerprint density at radius 3 is 2.17 bits per heavy atom. The van der Waals surface area contributed by atoms with Gasteiger partial charge in [-0.25, -0.2) is 28.1 Å². The molecule has 2 heterocycles. The van der Waals surface area contributed by atoms with Crippen LogP contribution in [0.3, 0.4) is 0 Å². The van der Waals surface area contributed by atoms with E-state index in [0.29, 0.717) is 5.82 Å². The van der Waals surface area contributed by atoms with E-state index in [9.17, 15) is 8.42 Å². The number of hydrogen-bond donors (Lipinski definition) is 1. The fourth-order valence-electron chi connectivity index (χ4n) is 1.98. The van der Waals surface area contributed by atoms with Gasteiger partial charge in [-0.1, -0.05) is 30.3 Å². The summed E-state index contributed by atoms with van der Waals surface area (Å²) in [5.74, 6) is 0.633. The van der Waals surface area contributed by atoms with Gasteiger partial charge in [0.25, 0.3) is 10.0 Å². The van der Waals surface area contributed by atoms with Gasteiger partial charge in [0.15, 0.2) is 10.9 Å². The molecule has 0 spiro atoms. The molecule has 0 fully saturated rings. The highest BCUT2D eigenvalue weighted by molar-refractivity contribution is 7.89. The molecule has 0 amide bonds. The van der Waals surface area contributed by atoms with E-state index >= 15 is 0 Å². The van der Waals surface area contributed by atoms with Crippen molar-refractivity contribution in [1.82, 2.24) is 19.7 Å². The molecule has 0 saturated heterocycles. The highest BCUT2D eigenvalue weighted by atomic mass is 32.2. The van der Waals surface area contributed by atoms with Gasteiger partial charge >= 0.3 is 0 Å². The van der Waals surface area contributed by atoms with Crippen LogP contribution in [0.15, 0.2) is 72.1 Å². The lowest BCUT2D eigenvalue weighted by Crippen LogP contribution is -2.24. The van der Waals surface area contributed by atoms with E-state index in [1.165, 1.54) is 12.3 Å². The van der Waals surface area contributed by atoms with Crippen molar-refractivity contribution in [3.8, 4) is 11.4 Å². The molecular weight excluding hydrogens is 312 g/mol. The van der Waals surface area contributed by atoms with Gasteiger partial charge in [0, 0.05) is 30.7 Å². The highest BCUT2D eigenvalue weighted by Crippen LogP contribution is 2.15. The molecule has 2 aromatic heterocycles. The Bertz CT molecular complexity index is 867. The lowest BCUT2D eigenvalue weighted by molar-refractivity contribution is 0.577. The van der Waals surface area contributed by atoms with Crippen molar-refractivity contribution in [3.63, 3.8) is 0 Å². The van der Waals surface area contributed by atoms with E-state index in [4.69, 9.17) is 0 Å². The topological polar surface area (TPSA) is 84.8 Å². The zero-order valence-electron chi connectivity index (χ0n) is 12.1. The van der Waals surface area contributed by atoms with Crippen LogP contribution in [-0.4, -0.2) is 23.4 Å². The second-order valence-electron chi connectivity index (χ2n) is 4.76. The molecule has 0 saturated carbocycles. The first-order valence-electron chi connectivity index (χ1n) is 6.92. The maximum absolute atomic E-state index is 12.1. The third kappa shape index (κ3) is 3.77. The molecule has 0 aliphatic heterocycles. The Morgan fingerprint density at radius 1 is 0.826 bits per heavy atom. The number of nitrogens with zero attached hydrogens (tertiary/aromatic N) is 3. The van der Waals surface area contributed by atoms with Gasteiger partial charge in [0.05, 0.1) is 0 Å². The van der Waals surface area contributed by atoms with Crippen LogP contribution < -0.4 is 4.72 Å². The Morgan fingerprint density at radius 2 is 1.52 bits per heavy atom. The van der Waals surface area contributed by atoms with Gasteiger partial charge < -0.3 is 0 Å². The van der Waals surface area contributed by atoms with E-state index in [0.717, 1.165) is 11.1 Å². The Kier molecular flexibility index (Phi) is 4.40. The number of aromatic nitrogens is 3. The number of rotatable bonds is 5. The van der Waals surface area contributed by atoms with Crippen molar-refractivity contribution in [3.05, 3.63) is 72.7 Å². The summed E-state index contributed by atoms with van der Waals surface area (Å²) in [5, 5.41) is 0.00862. The molecule has 3 aromatic rings. The first-order valence-corrected chi connectivity index (χ1v) is 8.40. The van der Waals surface area contributed by atoms with Crippen LogP contribution in [0.25, 0.3) is 11.4 Å². The van der Waals surface area contributed by atoms with Crippen molar-refractivity contribution in [2.75, 3.05) is 0 Å². The minimum atomic E-state index is -3.61. The van der Waals surface area contributed by atoms with Crippen molar-refractivity contribution in [2.45, 2.75) is 11.6 Å². The molecular formula is C16H14N4O2S. The van der Waals surface area contributed by atoms with E-state index < -0.39 is 10.0 Å². The fourth-order valence-corrected chi connectivity index (χ4v) is 2.94. The number of hydrogen-bond acceptors (Lipinski definition) is 5. The van der Waals surface area contributed by atoms with Crippen LogP contribution in [0, 0.1) is 0 Å². The fraction of sp³-hybridized carbons (Fsp3) is 0.0625. The van der Waals surface area contributed by atoms with Crippen molar-refractivity contribution < 1.29 is 8.42 Å². The van der Waals surface area contributed by atoms with Crippen LogP contribution in [0.1, 0.15) is 5.56 Å². The predicted molar refractivity (Wildman–Crippen MR) is 85.7 cm³/mol. The summed E-state index contributed by atoms with van der Waals surface area (Å²) in [5.41, 5.74) is 1.71. The first kappa shape index (κ1) is 15.3. The first-order chi connectivity index (χ1) is 11.1. The van der Waals surface area contributed by atoms with Gasteiger partial charge in [-0.2, -0.15) is 0 Å². The monoisotopic (exact) mass is 326 g/mol. The van der Waals surface area contributed by atoms with Crippen LogP contribution in [0.2, 0.25) is 0 Å². The largest absolute Gasteiger partial charge is 0.258 e. The molecule has 0 unspecified atom stereocenters. The average Bonchev–Trinajstić information content (AvgIpc) is 2.62. The Balaban J connectivity index is 1.70. The predicted octanol–water partition coefficient (Wildman–Crippen LogP) is 2.02. The molecule has 0 radical (unpaired) electrons. The Labute approximate surface area is 134 Å². The smallest absolute Gasteiger partial charge is 0.243 e. The van der Waals surface area contributed by atoms with Gasteiger partial charge in [0.1, 0.15) is 0 Å². The summed E-state index contributed by atoms with van der Waals surface area (Å²) in [6, 6.07) is 13.9. The average molecular weight is 326 g/mol. The lowest BCUT2D eigenvalue weighted by Gasteiger charge is -2.06. The summed E-state index contributed by atoms with van der Waals surface area (Å²) in [6.45, 7) is 0.189. The van der Waals surface area contributed by atoms with E-state index in [-0.39, 0.29) is 11.6 Å². The van der Waals surface area contributed by atoms with Gasteiger partial charge in [-0.3, -0.25) is 0 Å². The van der Waals surface area contributed by atoms with Gasteiger partial charge in [0.2, 0.25) is 0 Å². The number of nitrogens with one attached hydrogen (secondary N) is 1. The highest BCUT2D eigenvalue weighted by Gasteiger charge is 2.14. The number of sulfonamides is 1. The molecule has 6 nitrogen and oxygen atoms in total. The molecule has 1 N–H and O–H groups in total. The second kappa shape index (κ2) is 6.64. The standard InChI is InChI=1S/C16H14N4O2S/c21-23(22,15-4-1-2-9-17-15)20-12-13-5-7-14(8-6-13)16-18-10-3-11-19-16/h1-11,20H,12H2. The van der Waals surface area contributed by atoms with Crippen molar-refractivity contribution in [2.24, 2.45) is 0 Å². The third-order valence-corrected chi connectivity index (χ3v) is 4.47. The SMILES string of the molecule is O=S(=O)(NCc1ccc(-c2ncccn2)cc1)c1ccccn1. The van der Waals surface area contributed by atoms with Crippen molar-refractivity contribution in [1.29, 1.82) is 0 Å². The zero-order chi connectivity index (χ0) is 16.1. The maximum Gasteiger partial charge on any atom is 0.258 e. The third-order valence-electron chi connectivity index (χ3n) is 3.16. The Hall–Kier alpha value is -2.64. The number of pyridine rings is 1. The molecule has 0 atom stereocenters. The van der Waals surface area contributed by atoms with Crippen LogP contribution in [0.4, 0.5) is 0 Å². The van der Waals surface area contributed by atoms with Gasteiger partial charge in [-0.15, -0.1) is 0 Å². The van der Waals surface area contributed by atoms with Crippen LogP contribution in [-0.2, 0) is 16.6 Å². The lowest BCUT2D eigenvalue weighted by atomic mass is 10.1. The number of benzene rings is 1. The van der Waals surface area contributed by atoms with Gasteiger partial charge in [-0.05, 0) is 23.8 Å². The van der Waals surface area contributed by atoms with Crippen LogP contribution in [0.5, 0.6) is 0 Å². The summed E-state index contributed by atoms with van der Waals surface area (Å²) in [4.78, 5) is 12.2. The molecule has 116 valence electrons. The molecule has 0 bridgehead atoms. The summed E-state index contributed by atoms with van der Waals surface area (Å²) in [6.07, 6.45) is 4.80. The minimum absolute atomic E-state index is 0.00862. The normalized spacial score (nSPS) is 11.3. The molecule has 0 aliphatic rings. The quantitative estimate of drug-likeness (QED) is 0.775. The molecule has 23 heavy (non-hydrogen) atoms. The molecule has 1 aromatic carbocycles. The second-order valence-corrected chi connectivity index (χ2v) is 6.48. The summed E-state index contributed by atoms with van der Waals surface area (Å²) >= 11 is 0. The van der Waals surface area contributed by atoms with E-state index in [1.807, 2.05) is 24.3 Å². The molecule has 7 heteroatoms. The molecule has 0 aliphatic carbocycles. The maximum atomic E-state index is 12.1. The molecule has 3 rings (SSSR count).